The normalized spacial score (nSPS) is 21.0. The van der Waals surface area contributed by atoms with Crippen molar-refractivity contribution in [2.24, 2.45) is 17.6 Å². The van der Waals surface area contributed by atoms with Gasteiger partial charge in [0.15, 0.2) is 0 Å². The molecule has 8 N–H and O–H groups in total. The average Bonchev–Trinajstić information content (AvgIpc) is 1.57. The number of H-pyrrole nitrogens is 3. The van der Waals surface area contributed by atoms with Crippen LogP contribution in [0.1, 0.15) is 141 Å². The number of nitrogens with two attached hydrogens (primary N) is 1. The minimum Gasteiger partial charge on any atom is -0.494 e. The van der Waals surface area contributed by atoms with Gasteiger partial charge in [-0.15, -0.1) is 0 Å². The van der Waals surface area contributed by atoms with Crippen LogP contribution >= 0.6 is 11.6 Å². The highest BCUT2D eigenvalue weighted by molar-refractivity contribution is 6.29. The van der Waals surface area contributed by atoms with Gasteiger partial charge in [-0.2, -0.15) is 5.26 Å². The molecule has 5 aromatic carbocycles. The van der Waals surface area contributed by atoms with Gasteiger partial charge < -0.3 is 70.4 Å². The third-order valence-electron chi connectivity index (χ3n) is 20.1. The Kier molecular flexibility index (Phi) is 22.5. The lowest BCUT2D eigenvalue weighted by Crippen LogP contribution is -2.55. The Morgan fingerprint density at radius 2 is 1.06 bits per heavy atom. The zero-order chi connectivity index (χ0) is 77.4. The summed E-state index contributed by atoms with van der Waals surface area (Å²) in [7, 11) is 3.85. The number of carboxylic acids is 1. The van der Waals surface area contributed by atoms with E-state index >= 15 is 0 Å². The number of carbonyl (C=O) groups is 8. The average molecular weight is 1500 g/mol. The zero-order valence-corrected chi connectivity index (χ0v) is 61.3. The maximum Gasteiger partial charge on any atom is 0.352 e. The number of carboxylic acid groups (broad SMARTS) is 1. The van der Waals surface area contributed by atoms with Crippen LogP contribution in [-0.4, -0.2) is 170 Å². The topological polar surface area (TPSA) is 313 Å². The van der Waals surface area contributed by atoms with E-state index in [-0.39, 0.29) is 108 Å². The molecule has 0 saturated carbocycles. The standard InChI is InChI=1S/C31H33F2N5O5.C31H31F2N5O4.C10H8FNO2.C6H12ClN/c1-16(2)9-25-29(41)38-15-31(14-26(38)27(34)39)20-12-18(5-6-22(20)36-30(31)42)43-8-4-3-7-37(25)28(40)24-13-19-21(33)10-17(32)11-23(19)35-24;1-17(2)9-27-29(40)38-16-31(14-19(38)15-34)22-12-20(5-6-24(22)36-30(31)41)42-8-4-3-7-37(27)28(39)26-13-21-23(33)10-18(32)11-25(21)35-26;1-5-2-7(11)6-4-9(10(13)14)12-8(6)3-5;1-5(2)6(7)8(3)4/h5-6,10-13,16,25-26,35H,3-4,7-9,14-15H2,1-2H3,(H2,34,39)(H,36,42);5-6,10-13,17,19,27,35H,3-4,7-9,14,16H2,1-2H3,(H,36,41);2-4,12H,1H3,(H,13,14);1-4H3/t25-,26-,31-;19-,27-,31-;;/m00../s1. The van der Waals surface area contributed by atoms with Crippen LogP contribution in [0.15, 0.2) is 102 Å². The van der Waals surface area contributed by atoms with Gasteiger partial charge in [0.1, 0.15) is 87.0 Å². The second-order valence-corrected chi connectivity index (χ2v) is 29.6. The van der Waals surface area contributed by atoms with Crippen molar-refractivity contribution in [1.29, 1.82) is 5.26 Å². The number of allylic oxidation sites excluding steroid dienone is 1. The van der Waals surface area contributed by atoms with Crippen molar-refractivity contribution in [2.75, 3.05) is 64.1 Å². The molecule has 14 rings (SSSR count). The summed E-state index contributed by atoms with van der Waals surface area (Å²) in [5, 5.41) is 25.9. The number of fused-ring (bicyclic) bond motifs is 7. The van der Waals surface area contributed by atoms with E-state index in [9.17, 15) is 65.6 Å². The minimum absolute atomic E-state index is 0.000818. The molecule has 6 atom stereocenters. The van der Waals surface area contributed by atoms with E-state index in [4.69, 9.17) is 31.9 Å². The molecule has 7 amide bonds. The lowest BCUT2D eigenvalue weighted by atomic mass is 9.79. The van der Waals surface area contributed by atoms with Crippen molar-refractivity contribution in [3.63, 3.8) is 0 Å². The number of anilines is 2. The van der Waals surface area contributed by atoms with E-state index in [0.29, 0.717) is 90.2 Å². The largest absolute Gasteiger partial charge is 0.494 e. The molecule has 0 unspecified atom stereocenters. The summed E-state index contributed by atoms with van der Waals surface area (Å²) in [6.07, 6.45) is 2.77. The Bertz CT molecular complexity index is 4950. The molecule has 9 heterocycles. The lowest BCUT2D eigenvalue weighted by Gasteiger charge is -2.36. The molecule has 29 heteroatoms. The Morgan fingerprint density at radius 3 is 1.49 bits per heavy atom. The van der Waals surface area contributed by atoms with Crippen LogP contribution in [0.5, 0.6) is 11.5 Å². The Hall–Kier alpha value is -11.0. The number of amides is 7. The van der Waals surface area contributed by atoms with E-state index in [0.717, 1.165) is 40.6 Å². The van der Waals surface area contributed by atoms with Gasteiger partial charge in [-0.3, -0.25) is 33.6 Å². The van der Waals surface area contributed by atoms with Crippen molar-refractivity contribution < 1.29 is 74.9 Å². The van der Waals surface area contributed by atoms with Gasteiger partial charge in [0.25, 0.3) is 11.8 Å². The number of aryl methyl sites for hydroxylation is 1. The zero-order valence-electron chi connectivity index (χ0n) is 60.6. The number of halogens is 6. The molecule has 2 spiro atoms. The Labute approximate surface area is 618 Å². The summed E-state index contributed by atoms with van der Waals surface area (Å²) in [5.41, 5.74) is 8.72. The van der Waals surface area contributed by atoms with Gasteiger partial charge in [0.2, 0.25) is 29.5 Å². The highest BCUT2D eigenvalue weighted by Gasteiger charge is 2.59. The number of carbonyl (C=O) groups excluding carboxylic acids is 7. The molecule has 0 radical (unpaired) electrons. The molecule has 2 fully saturated rings. The van der Waals surface area contributed by atoms with Crippen LogP contribution in [0.4, 0.5) is 33.3 Å². The molecule has 107 heavy (non-hydrogen) atoms. The molecule has 564 valence electrons. The van der Waals surface area contributed by atoms with Crippen molar-refractivity contribution in [2.45, 2.75) is 135 Å². The number of nitriles is 1. The first-order valence-corrected chi connectivity index (χ1v) is 35.7. The number of nitrogens with zero attached hydrogens (tertiary/aromatic N) is 6. The van der Waals surface area contributed by atoms with Gasteiger partial charge >= 0.3 is 5.97 Å². The first-order valence-electron chi connectivity index (χ1n) is 35.3. The lowest BCUT2D eigenvalue weighted by molar-refractivity contribution is -0.141. The van der Waals surface area contributed by atoms with Crippen LogP contribution < -0.4 is 25.8 Å². The smallest absolute Gasteiger partial charge is 0.352 e. The number of nitrogens with one attached hydrogen (secondary N) is 5. The van der Waals surface area contributed by atoms with E-state index in [1.165, 1.54) is 43.9 Å². The maximum absolute atomic E-state index is 14.5. The summed E-state index contributed by atoms with van der Waals surface area (Å²) >= 11 is 5.76. The second-order valence-electron chi connectivity index (χ2n) is 29.2. The quantitative estimate of drug-likeness (QED) is 0.0523. The molecule has 8 bridgehead atoms. The maximum atomic E-state index is 14.5. The van der Waals surface area contributed by atoms with E-state index < -0.39 is 99.6 Å². The number of ether oxygens (including phenoxy) is 2. The third-order valence-corrected chi connectivity index (χ3v) is 20.8. The fourth-order valence-corrected chi connectivity index (χ4v) is 15.0. The molecule has 6 aliphatic heterocycles. The van der Waals surface area contributed by atoms with E-state index in [1.54, 1.807) is 43.3 Å². The Morgan fingerprint density at radius 1 is 0.626 bits per heavy atom. The van der Waals surface area contributed by atoms with Gasteiger partial charge in [0.05, 0.1) is 41.1 Å². The predicted molar refractivity (Wildman–Crippen MR) is 391 cm³/mol. The van der Waals surface area contributed by atoms with Crippen LogP contribution in [0.2, 0.25) is 0 Å². The fraction of sp³-hybridized carbons (Fsp3) is 0.397. The van der Waals surface area contributed by atoms with Crippen molar-refractivity contribution >= 4 is 103 Å². The molecule has 6 aliphatic rings. The number of primary amides is 1. The highest BCUT2D eigenvalue weighted by Crippen LogP contribution is 2.50. The van der Waals surface area contributed by atoms with Crippen LogP contribution in [0.3, 0.4) is 0 Å². The van der Waals surface area contributed by atoms with E-state index in [1.807, 2.05) is 66.6 Å². The summed E-state index contributed by atoms with van der Waals surface area (Å²) in [5.74, 6) is -6.97. The summed E-state index contributed by atoms with van der Waals surface area (Å²) in [6, 6.07) is 19.7. The molecule has 3 aromatic heterocycles. The SMILES string of the molecule is CC(C)=C(Cl)N(C)C.CC(C)C[C@H]1C(=O)N2C[C@]3(C[C@H]2C#N)C(=O)Nc2ccc(cc23)OCCCCN1C(=O)c1cc2c(F)cc(F)cc2[nH]1.CC(C)C[C@H]1C(=O)N2C[C@]3(C[C@H]2C(N)=O)C(=O)Nc2ccc(cc23)OCCCCN1C(=O)c1cc2c(F)cc(F)cc2[nH]1.Cc1cc(F)c2cc(C(=O)O)[nH]c2c1. The fourth-order valence-electron chi connectivity index (χ4n) is 15.0. The predicted octanol–water partition coefficient (Wildman–Crippen LogP) is 12.3. The highest BCUT2D eigenvalue weighted by atomic mass is 35.5. The van der Waals surface area contributed by atoms with Crippen molar-refractivity contribution in [3.05, 3.63) is 165 Å². The molecule has 0 aliphatic carbocycles. The number of hydrogen-bond donors (Lipinski definition) is 7. The van der Waals surface area contributed by atoms with Gasteiger partial charge in [-0.25, -0.2) is 26.7 Å². The minimum atomic E-state index is -1.22. The summed E-state index contributed by atoms with van der Waals surface area (Å²) in [6.45, 7) is 14.3. The number of hydrogen-bond acceptors (Lipinski definition) is 12. The monoisotopic (exact) mass is 1490 g/mol. The van der Waals surface area contributed by atoms with Crippen molar-refractivity contribution in [3.8, 4) is 17.6 Å². The number of aromatic amines is 3. The second kappa shape index (κ2) is 31.2. The Balaban J connectivity index is 0.000000166. The molecule has 23 nitrogen and oxygen atoms in total. The van der Waals surface area contributed by atoms with Gasteiger partial charge in [-0.05, 0) is 179 Å². The molecular formula is C78H84ClF5N12O11. The first kappa shape index (κ1) is 77.2. The number of rotatable bonds is 9. The summed E-state index contributed by atoms with van der Waals surface area (Å²) in [4.78, 5) is 123. The number of aromatic nitrogens is 3. The van der Waals surface area contributed by atoms with Crippen LogP contribution in [0.25, 0.3) is 32.7 Å². The number of benzene rings is 5. The van der Waals surface area contributed by atoms with Gasteiger partial charge in [-0.1, -0.05) is 39.3 Å². The van der Waals surface area contributed by atoms with Crippen LogP contribution in [0, 0.1) is 59.2 Å². The van der Waals surface area contributed by atoms with Gasteiger partial charge in [0, 0.05) is 91.9 Å². The van der Waals surface area contributed by atoms with E-state index in [2.05, 4.69) is 31.7 Å². The molecular weight excluding hydrogens is 1410 g/mol. The number of aromatic carboxylic acids is 1. The molecule has 2 saturated heterocycles. The molecule has 8 aromatic rings. The first-order chi connectivity index (χ1) is 50.7. The van der Waals surface area contributed by atoms with Crippen molar-refractivity contribution in [1.82, 2.24) is 39.5 Å². The third kappa shape index (κ3) is 15.7. The van der Waals surface area contributed by atoms with Crippen LogP contribution in [-0.2, 0) is 34.8 Å². The summed E-state index contributed by atoms with van der Waals surface area (Å²) < 4.78 is 82.1.